The molecule has 2 aliphatic rings. The van der Waals surface area contributed by atoms with Crippen LogP contribution in [0.1, 0.15) is 19.8 Å². The molecular formula is C10H19N3O. The first kappa shape index (κ1) is 9.77. The number of rotatable bonds is 3. The molecule has 0 aromatic rings. The number of nitrogens with zero attached hydrogens (tertiary/aromatic N) is 1. The Bertz CT molecular complexity index is 213. The van der Waals surface area contributed by atoms with Crippen molar-refractivity contribution in [3.8, 4) is 0 Å². The monoisotopic (exact) mass is 197 g/mol. The van der Waals surface area contributed by atoms with Crippen LogP contribution in [0.15, 0.2) is 0 Å². The topological polar surface area (TPSA) is 44.4 Å². The molecule has 2 unspecified atom stereocenters. The standard InChI is InChI=1S/C10H19N3O/c1-2-9-7-13(10(14)12-9)6-8-3-4-11-5-8/h8-9,11H,2-7H2,1H3,(H,12,14). The Labute approximate surface area is 85.0 Å². The molecule has 80 valence electrons. The van der Waals surface area contributed by atoms with Gasteiger partial charge in [-0.3, -0.25) is 0 Å². The molecule has 2 saturated heterocycles. The average molecular weight is 197 g/mol. The summed E-state index contributed by atoms with van der Waals surface area (Å²) >= 11 is 0. The lowest BCUT2D eigenvalue weighted by Crippen LogP contribution is -2.33. The third kappa shape index (κ3) is 2.00. The summed E-state index contributed by atoms with van der Waals surface area (Å²) in [5.74, 6) is 0.663. The van der Waals surface area contributed by atoms with Gasteiger partial charge in [-0.15, -0.1) is 0 Å². The summed E-state index contributed by atoms with van der Waals surface area (Å²) in [4.78, 5) is 13.5. The molecule has 0 spiro atoms. The lowest BCUT2D eigenvalue weighted by atomic mass is 10.1. The maximum atomic E-state index is 11.5. The Kier molecular flexibility index (Phi) is 2.91. The second-order valence-electron chi connectivity index (χ2n) is 4.32. The fourth-order valence-corrected chi connectivity index (χ4v) is 2.23. The number of hydrogen-bond acceptors (Lipinski definition) is 2. The number of carbonyl (C=O) groups excluding carboxylic acids is 1. The quantitative estimate of drug-likeness (QED) is 0.688. The molecule has 14 heavy (non-hydrogen) atoms. The fraction of sp³-hybridized carbons (Fsp3) is 0.900. The molecule has 0 aliphatic carbocycles. The van der Waals surface area contributed by atoms with Gasteiger partial charge in [-0.05, 0) is 31.8 Å². The van der Waals surface area contributed by atoms with Crippen LogP contribution in [0.25, 0.3) is 0 Å². The minimum absolute atomic E-state index is 0.128. The Morgan fingerprint density at radius 2 is 2.43 bits per heavy atom. The van der Waals surface area contributed by atoms with E-state index in [4.69, 9.17) is 0 Å². The molecule has 0 aromatic carbocycles. The van der Waals surface area contributed by atoms with Gasteiger partial charge < -0.3 is 15.5 Å². The summed E-state index contributed by atoms with van der Waals surface area (Å²) in [6, 6.07) is 0.501. The Morgan fingerprint density at radius 3 is 3.00 bits per heavy atom. The van der Waals surface area contributed by atoms with Crippen LogP contribution in [0, 0.1) is 5.92 Å². The summed E-state index contributed by atoms with van der Waals surface area (Å²) in [5, 5.41) is 6.32. The lowest BCUT2D eigenvalue weighted by Gasteiger charge is -2.18. The molecule has 0 saturated carbocycles. The maximum Gasteiger partial charge on any atom is 0.317 e. The van der Waals surface area contributed by atoms with Crippen LogP contribution in [0.2, 0.25) is 0 Å². The van der Waals surface area contributed by atoms with Gasteiger partial charge in [0.15, 0.2) is 0 Å². The Hall–Kier alpha value is -0.770. The molecule has 2 amide bonds. The van der Waals surface area contributed by atoms with Crippen molar-refractivity contribution in [1.82, 2.24) is 15.5 Å². The van der Waals surface area contributed by atoms with E-state index in [-0.39, 0.29) is 6.03 Å². The van der Waals surface area contributed by atoms with Gasteiger partial charge in [-0.2, -0.15) is 0 Å². The van der Waals surface area contributed by atoms with Crippen molar-refractivity contribution in [3.63, 3.8) is 0 Å². The van der Waals surface area contributed by atoms with E-state index in [1.165, 1.54) is 6.42 Å². The Balaban J connectivity index is 1.82. The molecule has 2 fully saturated rings. The van der Waals surface area contributed by atoms with E-state index in [0.717, 1.165) is 32.6 Å². The van der Waals surface area contributed by atoms with Crippen LogP contribution in [0.5, 0.6) is 0 Å². The molecule has 2 atom stereocenters. The van der Waals surface area contributed by atoms with Crippen LogP contribution in [0.3, 0.4) is 0 Å². The zero-order valence-electron chi connectivity index (χ0n) is 8.75. The third-order valence-electron chi connectivity index (χ3n) is 3.19. The molecule has 2 heterocycles. The highest BCUT2D eigenvalue weighted by Crippen LogP contribution is 2.14. The third-order valence-corrected chi connectivity index (χ3v) is 3.19. The van der Waals surface area contributed by atoms with E-state index in [1.807, 2.05) is 4.90 Å². The molecule has 4 heteroatoms. The minimum atomic E-state index is 0.128. The molecule has 2 rings (SSSR count). The lowest BCUT2D eigenvalue weighted by molar-refractivity contribution is 0.210. The maximum absolute atomic E-state index is 11.5. The Morgan fingerprint density at radius 1 is 1.57 bits per heavy atom. The van der Waals surface area contributed by atoms with E-state index in [2.05, 4.69) is 17.6 Å². The number of hydrogen-bond donors (Lipinski definition) is 2. The molecule has 0 bridgehead atoms. The summed E-state index contributed by atoms with van der Waals surface area (Å²) in [6.07, 6.45) is 2.24. The highest BCUT2D eigenvalue weighted by atomic mass is 16.2. The first-order chi connectivity index (χ1) is 6.79. The summed E-state index contributed by atoms with van der Waals surface area (Å²) < 4.78 is 0. The van der Waals surface area contributed by atoms with E-state index < -0.39 is 0 Å². The first-order valence-corrected chi connectivity index (χ1v) is 5.55. The summed E-state index contributed by atoms with van der Waals surface area (Å²) in [6.45, 7) is 6.12. The van der Waals surface area contributed by atoms with Crippen LogP contribution in [-0.4, -0.2) is 43.2 Å². The van der Waals surface area contributed by atoms with Gasteiger partial charge in [-0.1, -0.05) is 6.92 Å². The largest absolute Gasteiger partial charge is 0.333 e. The average Bonchev–Trinajstić information content (AvgIpc) is 2.78. The van der Waals surface area contributed by atoms with E-state index in [0.29, 0.717) is 12.0 Å². The van der Waals surface area contributed by atoms with Crippen molar-refractivity contribution in [3.05, 3.63) is 0 Å². The van der Waals surface area contributed by atoms with Gasteiger partial charge in [0.1, 0.15) is 0 Å². The van der Waals surface area contributed by atoms with Gasteiger partial charge in [0, 0.05) is 19.1 Å². The number of urea groups is 1. The molecule has 4 nitrogen and oxygen atoms in total. The second kappa shape index (κ2) is 4.17. The smallest absolute Gasteiger partial charge is 0.317 e. The fourth-order valence-electron chi connectivity index (χ4n) is 2.23. The predicted molar refractivity (Wildman–Crippen MR) is 55.2 cm³/mol. The number of carbonyl (C=O) groups is 1. The van der Waals surface area contributed by atoms with Gasteiger partial charge >= 0.3 is 6.03 Å². The molecule has 2 N–H and O–H groups in total. The van der Waals surface area contributed by atoms with E-state index in [1.54, 1.807) is 0 Å². The van der Waals surface area contributed by atoms with Crippen molar-refractivity contribution in [1.29, 1.82) is 0 Å². The molecular weight excluding hydrogens is 178 g/mol. The summed E-state index contributed by atoms with van der Waals surface area (Å²) in [7, 11) is 0. The van der Waals surface area contributed by atoms with E-state index >= 15 is 0 Å². The zero-order valence-corrected chi connectivity index (χ0v) is 8.75. The van der Waals surface area contributed by atoms with Crippen molar-refractivity contribution in [2.75, 3.05) is 26.2 Å². The second-order valence-corrected chi connectivity index (χ2v) is 4.32. The SMILES string of the molecule is CCC1CN(CC2CCNC2)C(=O)N1. The van der Waals surface area contributed by atoms with Gasteiger partial charge in [-0.25, -0.2) is 4.79 Å². The van der Waals surface area contributed by atoms with Gasteiger partial charge in [0.05, 0.1) is 0 Å². The van der Waals surface area contributed by atoms with Gasteiger partial charge in [0.25, 0.3) is 0 Å². The molecule has 0 radical (unpaired) electrons. The van der Waals surface area contributed by atoms with Crippen molar-refractivity contribution < 1.29 is 4.79 Å². The highest BCUT2D eigenvalue weighted by molar-refractivity contribution is 5.76. The first-order valence-electron chi connectivity index (χ1n) is 5.55. The number of amides is 2. The predicted octanol–water partition coefficient (Wildman–Crippen LogP) is 0.400. The van der Waals surface area contributed by atoms with Crippen LogP contribution in [-0.2, 0) is 0 Å². The number of nitrogens with one attached hydrogen (secondary N) is 2. The van der Waals surface area contributed by atoms with Crippen LogP contribution >= 0.6 is 0 Å². The molecule has 0 aromatic heterocycles. The van der Waals surface area contributed by atoms with Crippen molar-refractivity contribution in [2.45, 2.75) is 25.8 Å². The van der Waals surface area contributed by atoms with Crippen LogP contribution in [0.4, 0.5) is 4.79 Å². The van der Waals surface area contributed by atoms with E-state index in [9.17, 15) is 4.79 Å². The summed E-state index contributed by atoms with van der Waals surface area (Å²) in [5.41, 5.74) is 0. The normalized spacial score (nSPS) is 32.4. The highest BCUT2D eigenvalue weighted by Gasteiger charge is 2.29. The van der Waals surface area contributed by atoms with Crippen molar-refractivity contribution >= 4 is 6.03 Å². The van der Waals surface area contributed by atoms with Crippen LogP contribution < -0.4 is 10.6 Å². The molecule has 2 aliphatic heterocycles. The minimum Gasteiger partial charge on any atom is -0.333 e. The van der Waals surface area contributed by atoms with Gasteiger partial charge in [0.2, 0.25) is 0 Å². The zero-order chi connectivity index (χ0) is 9.97. The van der Waals surface area contributed by atoms with Crippen molar-refractivity contribution in [2.24, 2.45) is 5.92 Å².